The summed E-state index contributed by atoms with van der Waals surface area (Å²) in [5.74, 6) is 0.554. The third-order valence-corrected chi connectivity index (χ3v) is 3.43. The van der Waals surface area contributed by atoms with Crippen LogP contribution in [0.5, 0.6) is 0 Å². The zero-order chi connectivity index (χ0) is 13.4. The highest BCUT2D eigenvalue weighted by Crippen LogP contribution is 2.12. The van der Waals surface area contributed by atoms with Crippen LogP contribution in [0.3, 0.4) is 0 Å². The molecule has 1 rings (SSSR count). The van der Waals surface area contributed by atoms with Crippen LogP contribution >= 0.6 is 0 Å². The molecule has 0 aliphatic rings. The van der Waals surface area contributed by atoms with Crippen molar-refractivity contribution in [3.8, 4) is 0 Å². The van der Waals surface area contributed by atoms with Gasteiger partial charge in [-0.25, -0.2) is 0 Å². The maximum atomic E-state index is 11.6. The first kappa shape index (κ1) is 14.9. The van der Waals surface area contributed by atoms with Crippen molar-refractivity contribution in [2.75, 3.05) is 18.6 Å². The highest BCUT2D eigenvalue weighted by atomic mass is 32.2. The molecule has 0 saturated heterocycles. The molecule has 0 spiro atoms. The van der Waals surface area contributed by atoms with E-state index in [1.165, 1.54) is 0 Å². The van der Waals surface area contributed by atoms with Crippen molar-refractivity contribution in [1.29, 1.82) is 0 Å². The quantitative estimate of drug-likeness (QED) is 0.724. The molecule has 0 aromatic heterocycles. The van der Waals surface area contributed by atoms with Gasteiger partial charge in [-0.1, -0.05) is 30.3 Å². The molecule has 0 saturated carbocycles. The van der Waals surface area contributed by atoms with Crippen molar-refractivity contribution in [1.82, 2.24) is 5.32 Å². The Kier molecular flexibility index (Phi) is 6.60. The van der Waals surface area contributed by atoms with Gasteiger partial charge in [0, 0.05) is 41.8 Å². The van der Waals surface area contributed by atoms with Gasteiger partial charge in [-0.05, 0) is 12.0 Å². The summed E-state index contributed by atoms with van der Waals surface area (Å²) in [5.41, 5.74) is 6.90. The summed E-state index contributed by atoms with van der Waals surface area (Å²) in [4.78, 5) is 11.6. The molecule has 0 radical (unpaired) electrons. The van der Waals surface area contributed by atoms with E-state index in [1.54, 1.807) is 6.26 Å². The predicted octanol–water partition coefficient (Wildman–Crippen LogP) is 0.961. The number of benzene rings is 1. The summed E-state index contributed by atoms with van der Waals surface area (Å²) in [7, 11) is -0.797. The number of amides is 1. The molecule has 5 heteroatoms. The van der Waals surface area contributed by atoms with Crippen molar-refractivity contribution in [3.63, 3.8) is 0 Å². The monoisotopic (exact) mass is 268 g/mol. The molecule has 0 fully saturated rings. The Bertz CT molecular complexity index is 395. The number of carbonyl (C=O) groups is 1. The van der Waals surface area contributed by atoms with Crippen LogP contribution in [0.25, 0.3) is 0 Å². The minimum Gasteiger partial charge on any atom is -0.356 e. The lowest BCUT2D eigenvalue weighted by Gasteiger charge is -2.11. The standard InChI is InChI=1S/C13H20N2O2S/c1-18(17)9-5-8-15-13(16)10-12(14)11-6-3-2-4-7-11/h2-4,6-7,12H,5,8-10,14H2,1H3,(H,15,16). The van der Waals surface area contributed by atoms with Gasteiger partial charge in [0.1, 0.15) is 0 Å². The molecule has 100 valence electrons. The number of hydrogen-bond acceptors (Lipinski definition) is 3. The summed E-state index contributed by atoms with van der Waals surface area (Å²) in [5, 5.41) is 2.79. The molecule has 18 heavy (non-hydrogen) atoms. The molecular weight excluding hydrogens is 248 g/mol. The number of nitrogens with two attached hydrogens (primary N) is 1. The lowest BCUT2D eigenvalue weighted by Crippen LogP contribution is -2.28. The van der Waals surface area contributed by atoms with Crippen LogP contribution in [-0.4, -0.2) is 28.7 Å². The van der Waals surface area contributed by atoms with E-state index in [0.717, 1.165) is 12.0 Å². The van der Waals surface area contributed by atoms with Gasteiger partial charge in [-0.3, -0.25) is 9.00 Å². The van der Waals surface area contributed by atoms with Gasteiger partial charge < -0.3 is 11.1 Å². The zero-order valence-electron chi connectivity index (χ0n) is 10.6. The highest BCUT2D eigenvalue weighted by Gasteiger charge is 2.10. The molecule has 0 aliphatic carbocycles. The minimum absolute atomic E-state index is 0.0618. The van der Waals surface area contributed by atoms with Crippen LogP contribution in [0.4, 0.5) is 0 Å². The Hall–Kier alpha value is -1.20. The second-order valence-electron chi connectivity index (χ2n) is 4.20. The molecular formula is C13H20N2O2S. The average molecular weight is 268 g/mol. The fraction of sp³-hybridized carbons (Fsp3) is 0.462. The SMILES string of the molecule is CS(=O)CCCNC(=O)CC(N)c1ccccc1. The topological polar surface area (TPSA) is 72.2 Å². The lowest BCUT2D eigenvalue weighted by molar-refractivity contribution is -0.121. The molecule has 4 nitrogen and oxygen atoms in total. The maximum Gasteiger partial charge on any atom is 0.221 e. The second kappa shape index (κ2) is 8.00. The molecule has 0 heterocycles. The molecule has 0 bridgehead atoms. The predicted molar refractivity (Wildman–Crippen MR) is 74.5 cm³/mol. The summed E-state index contributed by atoms with van der Waals surface area (Å²) in [6, 6.07) is 9.29. The zero-order valence-corrected chi connectivity index (χ0v) is 11.4. The van der Waals surface area contributed by atoms with Gasteiger partial charge in [-0.15, -0.1) is 0 Å². The van der Waals surface area contributed by atoms with Crippen LogP contribution in [0.1, 0.15) is 24.4 Å². The van der Waals surface area contributed by atoms with E-state index in [0.29, 0.717) is 12.3 Å². The lowest BCUT2D eigenvalue weighted by atomic mass is 10.0. The van der Waals surface area contributed by atoms with Gasteiger partial charge in [-0.2, -0.15) is 0 Å². The van der Waals surface area contributed by atoms with Crippen LogP contribution in [-0.2, 0) is 15.6 Å². The normalized spacial score (nSPS) is 13.9. The van der Waals surface area contributed by atoms with Gasteiger partial charge >= 0.3 is 0 Å². The third kappa shape index (κ3) is 5.93. The van der Waals surface area contributed by atoms with E-state index in [1.807, 2.05) is 30.3 Å². The van der Waals surface area contributed by atoms with Crippen molar-refractivity contribution < 1.29 is 9.00 Å². The summed E-state index contributed by atoms with van der Waals surface area (Å²) < 4.78 is 10.8. The van der Waals surface area contributed by atoms with Crippen LogP contribution in [0, 0.1) is 0 Å². The van der Waals surface area contributed by atoms with E-state index < -0.39 is 10.8 Å². The average Bonchev–Trinajstić information content (AvgIpc) is 2.35. The van der Waals surface area contributed by atoms with E-state index in [2.05, 4.69) is 5.32 Å². The molecule has 3 N–H and O–H groups in total. The second-order valence-corrected chi connectivity index (χ2v) is 5.76. The summed E-state index contributed by atoms with van der Waals surface area (Å²) in [6.45, 7) is 0.555. The summed E-state index contributed by atoms with van der Waals surface area (Å²) in [6.07, 6.45) is 2.67. The fourth-order valence-corrected chi connectivity index (χ4v) is 2.14. The molecule has 1 aromatic carbocycles. The largest absolute Gasteiger partial charge is 0.356 e. The van der Waals surface area contributed by atoms with Gasteiger partial charge in [0.15, 0.2) is 0 Å². The smallest absolute Gasteiger partial charge is 0.221 e. The molecule has 2 unspecified atom stereocenters. The van der Waals surface area contributed by atoms with Crippen molar-refractivity contribution in [2.24, 2.45) is 5.73 Å². The Morgan fingerprint density at radius 1 is 1.39 bits per heavy atom. The fourth-order valence-electron chi connectivity index (χ4n) is 1.59. The van der Waals surface area contributed by atoms with Crippen molar-refractivity contribution in [3.05, 3.63) is 35.9 Å². The van der Waals surface area contributed by atoms with Crippen molar-refractivity contribution >= 4 is 16.7 Å². The minimum atomic E-state index is -0.797. The van der Waals surface area contributed by atoms with Gasteiger partial charge in [0.2, 0.25) is 5.91 Å². The van der Waals surface area contributed by atoms with Gasteiger partial charge in [0.05, 0.1) is 0 Å². The Labute approximate surface area is 110 Å². The van der Waals surface area contributed by atoms with E-state index in [-0.39, 0.29) is 18.4 Å². The first-order chi connectivity index (χ1) is 8.59. The maximum absolute atomic E-state index is 11.6. The Morgan fingerprint density at radius 3 is 2.67 bits per heavy atom. The van der Waals surface area contributed by atoms with E-state index >= 15 is 0 Å². The molecule has 0 aliphatic heterocycles. The number of rotatable bonds is 7. The first-order valence-corrected chi connectivity index (χ1v) is 7.69. The van der Waals surface area contributed by atoms with Crippen LogP contribution in [0.2, 0.25) is 0 Å². The Morgan fingerprint density at radius 2 is 2.06 bits per heavy atom. The first-order valence-electron chi connectivity index (χ1n) is 5.97. The van der Waals surface area contributed by atoms with Gasteiger partial charge in [0.25, 0.3) is 0 Å². The molecule has 1 amide bonds. The van der Waals surface area contributed by atoms with E-state index in [4.69, 9.17) is 5.73 Å². The number of carbonyl (C=O) groups excluding carboxylic acids is 1. The number of nitrogens with one attached hydrogen (secondary N) is 1. The van der Waals surface area contributed by atoms with Crippen molar-refractivity contribution in [2.45, 2.75) is 18.9 Å². The molecule has 2 atom stereocenters. The molecule has 1 aromatic rings. The van der Waals surface area contributed by atoms with E-state index in [9.17, 15) is 9.00 Å². The summed E-state index contributed by atoms with van der Waals surface area (Å²) >= 11 is 0. The number of hydrogen-bond donors (Lipinski definition) is 2. The van der Waals surface area contributed by atoms with Crippen LogP contribution < -0.4 is 11.1 Å². The Balaban J connectivity index is 2.26. The van der Waals surface area contributed by atoms with Crippen LogP contribution in [0.15, 0.2) is 30.3 Å². The highest BCUT2D eigenvalue weighted by molar-refractivity contribution is 7.84. The third-order valence-electron chi connectivity index (χ3n) is 2.56.